The van der Waals surface area contributed by atoms with E-state index in [4.69, 9.17) is 4.74 Å². The zero-order valence-electron chi connectivity index (χ0n) is 17.1. The highest BCUT2D eigenvalue weighted by Gasteiger charge is 2.14. The van der Waals surface area contributed by atoms with Crippen LogP contribution in [0.25, 0.3) is 0 Å². The van der Waals surface area contributed by atoms with E-state index in [1.807, 2.05) is 6.07 Å². The Morgan fingerprint density at radius 2 is 1.67 bits per heavy atom. The second kappa shape index (κ2) is 10.0. The molecule has 3 rings (SSSR count). The van der Waals surface area contributed by atoms with Gasteiger partial charge >= 0.3 is 0 Å². The van der Waals surface area contributed by atoms with Crippen LogP contribution in [-0.2, 0) is 9.53 Å². The SMILES string of the molecule is COCC(=O)Nc1ccc(NC(=O)c2cccnc2Sc2ccc(C)c(C)c2)cc1. The molecule has 0 unspecified atom stereocenters. The third-order valence-corrected chi connectivity index (χ3v) is 5.42. The lowest BCUT2D eigenvalue weighted by Crippen LogP contribution is -2.17. The van der Waals surface area contributed by atoms with Crippen molar-refractivity contribution in [3.63, 3.8) is 0 Å². The molecule has 0 aliphatic heterocycles. The van der Waals surface area contributed by atoms with E-state index in [-0.39, 0.29) is 18.4 Å². The van der Waals surface area contributed by atoms with Crippen molar-refractivity contribution in [2.24, 2.45) is 0 Å². The van der Waals surface area contributed by atoms with E-state index >= 15 is 0 Å². The molecule has 0 spiro atoms. The van der Waals surface area contributed by atoms with Crippen LogP contribution in [0.15, 0.2) is 70.7 Å². The fourth-order valence-corrected chi connectivity index (χ4v) is 3.68. The van der Waals surface area contributed by atoms with Crippen LogP contribution in [0.3, 0.4) is 0 Å². The Morgan fingerprint density at radius 1 is 0.967 bits per heavy atom. The monoisotopic (exact) mass is 421 g/mol. The van der Waals surface area contributed by atoms with Crippen LogP contribution in [0.4, 0.5) is 11.4 Å². The molecule has 0 fully saturated rings. The largest absolute Gasteiger partial charge is 0.375 e. The normalized spacial score (nSPS) is 10.5. The molecule has 1 aromatic heterocycles. The number of hydrogen-bond acceptors (Lipinski definition) is 5. The quantitative estimate of drug-likeness (QED) is 0.579. The molecule has 2 N–H and O–H groups in total. The third kappa shape index (κ3) is 5.68. The van der Waals surface area contributed by atoms with Gasteiger partial charge in [-0.1, -0.05) is 17.8 Å². The number of aryl methyl sites for hydroxylation is 2. The lowest BCUT2D eigenvalue weighted by Gasteiger charge is -2.11. The number of anilines is 2. The van der Waals surface area contributed by atoms with Crippen LogP contribution in [0.1, 0.15) is 21.5 Å². The van der Waals surface area contributed by atoms with Crippen molar-refractivity contribution < 1.29 is 14.3 Å². The number of amides is 2. The Hall–Kier alpha value is -3.16. The average Bonchev–Trinajstić information content (AvgIpc) is 2.73. The predicted molar refractivity (Wildman–Crippen MR) is 119 cm³/mol. The van der Waals surface area contributed by atoms with Crippen molar-refractivity contribution in [2.45, 2.75) is 23.8 Å². The van der Waals surface area contributed by atoms with E-state index in [0.29, 0.717) is 22.0 Å². The first-order valence-electron chi connectivity index (χ1n) is 9.36. The topological polar surface area (TPSA) is 80.3 Å². The molecular formula is C23H23N3O3S. The average molecular weight is 422 g/mol. The molecule has 0 bridgehead atoms. The van der Waals surface area contributed by atoms with Gasteiger partial charge in [0.15, 0.2) is 0 Å². The van der Waals surface area contributed by atoms with E-state index in [2.05, 4.69) is 41.6 Å². The third-order valence-electron chi connectivity index (χ3n) is 4.41. The Kier molecular flexibility index (Phi) is 7.21. The first-order chi connectivity index (χ1) is 14.5. The maximum absolute atomic E-state index is 12.8. The lowest BCUT2D eigenvalue weighted by atomic mass is 10.1. The number of hydrogen-bond donors (Lipinski definition) is 2. The van der Waals surface area contributed by atoms with Crippen LogP contribution in [0.2, 0.25) is 0 Å². The molecule has 1 heterocycles. The zero-order valence-corrected chi connectivity index (χ0v) is 17.9. The predicted octanol–water partition coefficient (Wildman–Crippen LogP) is 4.69. The van der Waals surface area contributed by atoms with E-state index in [1.165, 1.54) is 30.0 Å². The summed E-state index contributed by atoms with van der Waals surface area (Å²) in [4.78, 5) is 29.8. The Labute approximate surface area is 180 Å². The Morgan fingerprint density at radius 3 is 2.33 bits per heavy atom. The molecule has 0 aliphatic rings. The van der Waals surface area contributed by atoms with Gasteiger partial charge in [0.2, 0.25) is 5.91 Å². The van der Waals surface area contributed by atoms with E-state index < -0.39 is 0 Å². The van der Waals surface area contributed by atoms with E-state index in [1.54, 1.807) is 42.6 Å². The molecule has 0 aliphatic carbocycles. The van der Waals surface area contributed by atoms with Gasteiger partial charge in [0.1, 0.15) is 11.6 Å². The maximum Gasteiger partial charge on any atom is 0.258 e. The number of nitrogens with one attached hydrogen (secondary N) is 2. The van der Waals surface area contributed by atoms with Crippen LogP contribution in [-0.4, -0.2) is 30.5 Å². The fraction of sp³-hybridized carbons (Fsp3) is 0.174. The summed E-state index contributed by atoms with van der Waals surface area (Å²) in [5.74, 6) is -0.483. The summed E-state index contributed by atoms with van der Waals surface area (Å²) < 4.78 is 4.79. The summed E-state index contributed by atoms with van der Waals surface area (Å²) in [7, 11) is 1.46. The Balaban J connectivity index is 1.71. The lowest BCUT2D eigenvalue weighted by molar-refractivity contribution is -0.119. The molecule has 0 atom stereocenters. The smallest absolute Gasteiger partial charge is 0.258 e. The number of ether oxygens (including phenoxy) is 1. The van der Waals surface area contributed by atoms with Crippen molar-refractivity contribution in [1.29, 1.82) is 0 Å². The zero-order chi connectivity index (χ0) is 21.5. The second-order valence-corrected chi connectivity index (χ2v) is 7.78. The van der Waals surface area contributed by atoms with Gasteiger partial charge in [0, 0.05) is 29.6 Å². The molecule has 3 aromatic rings. The highest BCUT2D eigenvalue weighted by Crippen LogP contribution is 2.30. The van der Waals surface area contributed by atoms with Gasteiger partial charge in [-0.05, 0) is 73.5 Å². The maximum atomic E-state index is 12.8. The molecule has 7 heteroatoms. The van der Waals surface area contributed by atoms with E-state index in [0.717, 1.165) is 4.90 Å². The van der Waals surface area contributed by atoms with Gasteiger partial charge in [-0.3, -0.25) is 9.59 Å². The number of benzene rings is 2. The standard InChI is InChI=1S/C23H23N3O3S/c1-15-6-11-19(13-16(15)2)30-23-20(5-4-12-24-23)22(28)26-18-9-7-17(8-10-18)25-21(27)14-29-3/h4-13H,14H2,1-3H3,(H,25,27)(H,26,28). The second-order valence-electron chi connectivity index (χ2n) is 6.72. The van der Waals surface area contributed by atoms with Crippen LogP contribution < -0.4 is 10.6 Å². The van der Waals surface area contributed by atoms with Gasteiger partial charge in [0.05, 0.1) is 5.56 Å². The number of carbonyl (C=O) groups is 2. The molecule has 6 nitrogen and oxygen atoms in total. The number of rotatable bonds is 7. The Bertz CT molecular complexity index is 1050. The number of pyridine rings is 1. The number of nitrogens with zero attached hydrogens (tertiary/aromatic N) is 1. The summed E-state index contributed by atoms with van der Waals surface area (Å²) >= 11 is 1.46. The minimum atomic E-state index is -0.245. The van der Waals surface area contributed by atoms with Gasteiger partial charge in [-0.15, -0.1) is 0 Å². The summed E-state index contributed by atoms with van der Waals surface area (Å²) in [5.41, 5.74) is 4.16. The van der Waals surface area contributed by atoms with Crippen molar-refractivity contribution in [2.75, 3.05) is 24.4 Å². The van der Waals surface area contributed by atoms with Gasteiger partial charge in [-0.25, -0.2) is 4.98 Å². The molecule has 0 saturated heterocycles. The first kappa shape index (κ1) is 21.5. The van der Waals surface area contributed by atoms with Crippen molar-refractivity contribution in [1.82, 2.24) is 4.98 Å². The number of carbonyl (C=O) groups excluding carboxylic acids is 2. The molecule has 154 valence electrons. The summed E-state index contributed by atoms with van der Waals surface area (Å²) in [6.07, 6.45) is 1.68. The number of aromatic nitrogens is 1. The number of methoxy groups -OCH3 is 1. The van der Waals surface area contributed by atoms with Crippen molar-refractivity contribution in [3.8, 4) is 0 Å². The molecule has 0 saturated carbocycles. The molecule has 2 amide bonds. The van der Waals surface area contributed by atoms with Crippen molar-refractivity contribution in [3.05, 3.63) is 77.5 Å². The fourth-order valence-electron chi connectivity index (χ4n) is 2.70. The summed E-state index contributed by atoms with van der Waals surface area (Å²) in [6, 6.07) is 16.6. The summed E-state index contributed by atoms with van der Waals surface area (Å²) in [5, 5.41) is 6.23. The van der Waals surface area contributed by atoms with Crippen molar-refractivity contribution >= 4 is 35.0 Å². The molecule has 0 radical (unpaired) electrons. The summed E-state index contributed by atoms with van der Waals surface area (Å²) in [6.45, 7) is 4.12. The minimum absolute atomic E-state index is 0.0134. The highest BCUT2D eigenvalue weighted by molar-refractivity contribution is 7.99. The molecular weight excluding hydrogens is 398 g/mol. The minimum Gasteiger partial charge on any atom is -0.375 e. The van der Waals surface area contributed by atoms with E-state index in [9.17, 15) is 9.59 Å². The van der Waals surface area contributed by atoms with Crippen LogP contribution in [0.5, 0.6) is 0 Å². The van der Waals surface area contributed by atoms with Gasteiger partial charge < -0.3 is 15.4 Å². The van der Waals surface area contributed by atoms with Crippen LogP contribution in [0, 0.1) is 13.8 Å². The van der Waals surface area contributed by atoms with Gasteiger partial charge in [-0.2, -0.15) is 0 Å². The molecule has 30 heavy (non-hydrogen) atoms. The first-order valence-corrected chi connectivity index (χ1v) is 10.2. The highest BCUT2D eigenvalue weighted by atomic mass is 32.2. The van der Waals surface area contributed by atoms with Gasteiger partial charge in [0.25, 0.3) is 5.91 Å². The molecule has 2 aromatic carbocycles. The van der Waals surface area contributed by atoms with Crippen LogP contribution >= 0.6 is 11.8 Å².